The molecule has 0 saturated carbocycles. The lowest BCUT2D eigenvalue weighted by molar-refractivity contribution is 0.0996. The van der Waals surface area contributed by atoms with Crippen LogP contribution in [0, 0.1) is 18.6 Å². The number of hydrogen-bond acceptors (Lipinski definition) is 2. The number of carbonyl (C=O) groups is 2. The van der Waals surface area contributed by atoms with Gasteiger partial charge in [-0.05, 0) is 55.0 Å². The molecular formula is C21H15F2NO2. The standard InChI is InChI=1S/C21H15F2NO2/c1-13-6-9-16(23)12-19(13)24-21(26)18-5-3-2-4-17(18)20(25)14-7-10-15(22)11-8-14/h2-12H,1H3,(H,24,26). The third kappa shape index (κ3) is 3.67. The predicted molar refractivity (Wildman–Crippen MR) is 95.4 cm³/mol. The molecule has 0 heterocycles. The Morgan fingerprint density at radius 2 is 1.42 bits per heavy atom. The van der Waals surface area contributed by atoms with E-state index in [1.807, 2.05) is 0 Å². The number of amides is 1. The Morgan fingerprint density at radius 3 is 2.12 bits per heavy atom. The van der Waals surface area contributed by atoms with Gasteiger partial charge in [0.2, 0.25) is 0 Å². The molecule has 5 heteroatoms. The lowest BCUT2D eigenvalue weighted by Gasteiger charge is -2.11. The van der Waals surface area contributed by atoms with Crippen LogP contribution in [-0.2, 0) is 0 Å². The van der Waals surface area contributed by atoms with Crippen LogP contribution < -0.4 is 5.32 Å². The minimum Gasteiger partial charge on any atom is -0.322 e. The molecule has 0 atom stereocenters. The van der Waals surface area contributed by atoms with E-state index in [-0.39, 0.29) is 16.7 Å². The van der Waals surface area contributed by atoms with Crippen molar-refractivity contribution in [2.75, 3.05) is 5.32 Å². The van der Waals surface area contributed by atoms with Crippen molar-refractivity contribution < 1.29 is 18.4 Å². The molecule has 0 fully saturated rings. The van der Waals surface area contributed by atoms with Crippen molar-refractivity contribution in [2.24, 2.45) is 0 Å². The number of hydrogen-bond donors (Lipinski definition) is 1. The highest BCUT2D eigenvalue weighted by atomic mass is 19.1. The Morgan fingerprint density at radius 1 is 0.808 bits per heavy atom. The normalized spacial score (nSPS) is 10.4. The van der Waals surface area contributed by atoms with Gasteiger partial charge >= 0.3 is 0 Å². The molecule has 0 unspecified atom stereocenters. The first-order chi connectivity index (χ1) is 12.5. The van der Waals surface area contributed by atoms with Crippen molar-refractivity contribution in [3.05, 3.63) is 101 Å². The van der Waals surface area contributed by atoms with Crippen molar-refractivity contribution in [1.82, 2.24) is 0 Å². The summed E-state index contributed by atoms with van der Waals surface area (Å²) in [5, 5.41) is 2.63. The van der Waals surface area contributed by atoms with Crippen molar-refractivity contribution in [3.63, 3.8) is 0 Å². The van der Waals surface area contributed by atoms with E-state index in [1.165, 1.54) is 48.5 Å². The maximum atomic E-state index is 13.4. The average Bonchev–Trinajstić information content (AvgIpc) is 2.64. The second kappa shape index (κ2) is 7.27. The van der Waals surface area contributed by atoms with Crippen molar-refractivity contribution in [3.8, 4) is 0 Å². The molecule has 0 aliphatic rings. The third-order valence-corrected chi connectivity index (χ3v) is 3.97. The molecule has 0 aromatic heterocycles. The van der Waals surface area contributed by atoms with E-state index in [4.69, 9.17) is 0 Å². The molecule has 0 aliphatic heterocycles. The summed E-state index contributed by atoms with van der Waals surface area (Å²) in [7, 11) is 0. The predicted octanol–water partition coefficient (Wildman–Crippen LogP) is 4.76. The monoisotopic (exact) mass is 351 g/mol. The van der Waals surface area contributed by atoms with Gasteiger partial charge in [0.1, 0.15) is 11.6 Å². The van der Waals surface area contributed by atoms with E-state index in [2.05, 4.69) is 5.32 Å². The second-order valence-corrected chi connectivity index (χ2v) is 5.79. The highest BCUT2D eigenvalue weighted by Gasteiger charge is 2.18. The molecule has 0 aliphatic carbocycles. The Labute approximate surface area is 149 Å². The maximum absolute atomic E-state index is 13.4. The van der Waals surface area contributed by atoms with Crippen LogP contribution in [-0.4, -0.2) is 11.7 Å². The molecule has 0 spiro atoms. The molecule has 3 rings (SSSR count). The van der Waals surface area contributed by atoms with Crippen molar-refractivity contribution in [1.29, 1.82) is 0 Å². The number of aryl methyl sites for hydroxylation is 1. The number of carbonyl (C=O) groups excluding carboxylic acids is 2. The zero-order chi connectivity index (χ0) is 18.7. The number of benzene rings is 3. The van der Waals surface area contributed by atoms with Crippen LogP contribution >= 0.6 is 0 Å². The number of anilines is 1. The number of rotatable bonds is 4. The van der Waals surface area contributed by atoms with E-state index in [0.717, 1.165) is 0 Å². The van der Waals surface area contributed by atoms with Crippen LogP contribution in [0.15, 0.2) is 66.7 Å². The molecule has 26 heavy (non-hydrogen) atoms. The van der Waals surface area contributed by atoms with Crippen LogP contribution in [0.5, 0.6) is 0 Å². The van der Waals surface area contributed by atoms with Crippen LogP contribution in [0.25, 0.3) is 0 Å². The van der Waals surface area contributed by atoms with Gasteiger partial charge in [-0.1, -0.05) is 24.3 Å². The lowest BCUT2D eigenvalue weighted by atomic mass is 9.97. The minimum absolute atomic E-state index is 0.158. The summed E-state index contributed by atoms with van der Waals surface area (Å²) in [6.07, 6.45) is 0. The highest BCUT2D eigenvalue weighted by molar-refractivity contribution is 6.17. The van der Waals surface area contributed by atoms with Crippen LogP contribution in [0.3, 0.4) is 0 Å². The van der Waals surface area contributed by atoms with E-state index < -0.39 is 23.3 Å². The van der Waals surface area contributed by atoms with E-state index in [9.17, 15) is 18.4 Å². The fourth-order valence-corrected chi connectivity index (χ4v) is 2.55. The number of halogens is 2. The Balaban J connectivity index is 1.93. The third-order valence-electron chi connectivity index (χ3n) is 3.97. The number of nitrogens with one attached hydrogen (secondary N) is 1. The Kier molecular flexibility index (Phi) is 4.89. The quantitative estimate of drug-likeness (QED) is 0.689. The first-order valence-electron chi connectivity index (χ1n) is 7.92. The fraction of sp³-hybridized carbons (Fsp3) is 0.0476. The zero-order valence-corrected chi connectivity index (χ0v) is 13.9. The van der Waals surface area contributed by atoms with Gasteiger partial charge < -0.3 is 5.32 Å². The van der Waals surface area contributed by atoms with Gasteiger partial charge in [0.25, 0.3) is 5.91 Å². The Hall–Kier alpha value is -3.34. The second-order valence-electron chi connectivity index (χ2n) is 5.79. The van der Waals surface area contributed by atoms with Gasteiger partial charge in [-0.3, -0.25) is 9.59 Å². The molecule has 3 aromatic rings. The molecule has 3 aromatic carbocycles. The summed E-state index contributed by atoms with van der Waals surface area (Å²) in [6, 6.07) is 15.5. The van der Waals surface area contributed by atoms with Crippen LogP contribution in [0.1, 0.15) is 31.8 Å². The van der Waals surface area contributed by atoms with Crippen LogP contribution in [0.2, 0.25) is 0 Å². The lowest BCUT2D eigenvalue weighted by Crippen LogP contribution is -2.17. The molecule has 0 bridgehead atoms. The van der Waals surface area contributed by atoms with Gasteiger partial charge in [0.05, 0.1) is 5.56 Å². The molecule has 3 nitrogen and oxygen atoms in total. The fourth-order valence-electron chi connectivity index (χ4n) is 2.55. The maximum Gasteiger partial charge on any atom is 0.256 e. The van der Waals surface area contributed by atoms with Gasteiger partial charge in [0.15, 0.2) is 5.78 Å². The molecule has 130 valence electrons. The van der Waals surface area contributed by atoms with E-state index in [1.54, 1.807) is 25.1 Å². The summed E-state index contributed by atoms with van der Waals surface area (Å²) in [6.45, 7) is 1.74. The van der Waals surface area contributed by atoms with Gasteiger partial charge in [-0.25, -0.2) is 8.78 Å². The van der Waals surface area contributed by atoms with Gasteiger partial charge in [-0.15, -0.1) is 0 Å². The summed E-state index contributed by atoms with van der Waals surface area (Å²) in [5.74, 6) is -1.84. The van der Waals surface area contributed by atoms with Gasteiger partial charge in [0, 0.05) is 16.8 Å². The summed E-state index contributed by atoms with van der Waals surface area (Å²) >= 11 is 0. The number of ketones is 1. The first-order valence-corrected chi connectivity index (χ1v) is 7.92. The average molecular weight is 351 g/mol. The zero-order valence-electron chi connectivity index (χ0n) is 13.9. The van der Waals surface area contributed by atoms with E-state index >= 15 is 0 Å². The minimum atomic E-state index is -0.523. The first kappa shape index (κ1) is 17.5. The topological polar surface area (TPSA) is 46.2 Å². The largest absolute Gasteiger partial charge is 0.322 e. The summed E-state index contributed by atoms with van der Waals surface area (Å²) in [5.41, 5.74) is 1.64. The van der Waals surface area contributed by atoms with Crippen molar-refractivity contribution in [2.45, 2.75) is 6.92 Å². The molecule has 0 saturated heterocycles. The summed E-state index contributed by atoms with van der Waals surface area (Å²) < 4.78 is 26.5. The van der Waals surface area contributed by atoms with Crippen LogP contribution in [0.4, 0.5) is 14.5 Å². The molecule has 1 N–H and O–H groups in total. The van der Waals surface area contributed by atoms with Crippen molar-refractivity contribution >= 4 is 17.4 Å². The Bertz CT molecular complexity index is 982. The highest BCUT2D eigenvalue weighted by Crippen LogP contribution is 2.20. The van der Waals surface area contributed by atoms with Gasteiger partial charge in [-0.2, -0.15) is 0 Å². The SMILES string of the molecule is Cc1ccc(F)cc1NC(=O)c1ccccc1C(=O)c1ccc(F)cc1. The smallest absolute Gasteiger partial charge is 0.256 e. The molecule has 1 amide bonds. The molecule has 0 radical (unpaired) electrons. The molecular weight excluding hydrogens is 336 g/mol. The van der Waals surface area contributed by atoms with E-state index in [0.29, 0.717) is 11.3 Å². The summed E-state index contributed by atoms with van der Waals surface area (Å²) in [4.78, 5) is 25.3.